The van der Waals surface area contributed by atoms with E-state index in [4.69, 9.17) is 0 Å². The predicted molar refractivity (Wildman–Crippen MR) is 80.1 cm³/mol. The topological polar surface area (TPSA) is 18.5 Å². The van der Waals surface area contributed by atoms with Crippen LogP contribution >= 0.6 is 0 Å². The summed E-state index contributed by atoms with van der Waals surface area (Å²) in [6.07, 6.45) is 5.40. The van der Waals surface area contributed by atoms with Gasteiger partial charge in [-0.25, -0.2) is 0 Å². The van der Waals surface area contributed by atoms with Crippen molar-refractivity contribution in [1.82, 2.24) is 15.1 Å². The van der Waals surface area contributed by atoms with Gasteiger partial charge in [0.2, 0.25) is 0 Å². The van der Waals surface area contributed by atoms with Gasteiger partial charge in [0.1, 0.15) is 0 Å². The van der Waals surface area contributed by atoms with E-state index in [9.17, 15) is 0 Å². The van der Waals surface area contributed by atoms with Gasteiger partial charge < -0.3 is 10.2 Å². The van der Waals surface area contributed by atoms with Crippen molar-refractivity contribution < 1.29 is 0 Å². The fourth-order valence-corrected chi connectivity index (χ4v) is 2.60. The zero-order valence-electron chi connectivity index (χ0n) is 12.9. The highest BCUT2D eigenvalue weighted by Crippen LogP contribution is 2.06. The molecule has 0 amide bonds. The Morgan fingerprint density at radius 3 is 2.72 bits per heavy atom. The third kappa shape index (κ3) is 6.17. The smallest absolute Gasteiger partial charge is 0.0192 e. The van der Waals surface area contributed by atoms with Gasteiger partial charge in [0.25, 0.3) is 0 Å². The second-order valence-corrected chi connectivity index (χ2v) is 5.98. The van der Waals surface area contributed by atoms with E-state index in [1.807, 2.05) is 0 Å². The largest absolute Gasteiger partial charge is 0.313 e. The molecule has 1 aliphatic rings. The molecule has 0 bridgehead atoms. The van der Waals surface area contributed by atoms with Crippen LogP contribution in [0.15, 0.2) is 0 Å². The number of piperazine rings is 1. The number of unbranched alkanes of at least 4 members (excludes halogenated alkanes) is 2. The molecule has 2 atom stereocenters. The predicted octanol–water partition coefficient (Wildman–Crippen LogP) is 2.18. The Balaban J connectivity index is 2.03. The average Bonchev–Trinajstić information content (AvgIpc) is 2.34. The minimum atomic E-state index is 0.682. The number of likely N-dealkylation sites (N-methyl/N-ethyl adjacent to an activating group) is 1. The lowest BCUT2D eigenvalue weighted by Crippen LogP contribution is -2.51. The maximum atomic E-state index is 3.66. The molecule has 1 rings (SSSR count). The van der Waals surface area contributed by atoms with Crippen LogP contribution in [0.3, 0.4) is 0 Å². The maximum absolute atomic E-state index is 3.66. The van der Waals surface area contributed by atoms with Gasteiger partial charge in [0.15, 0.2) is 0 Å². The zero-order valence-corrected chi connectivity index (χ0v) is 12.9. The molecule has 2 unspecified atom stereocenters. The van der Waals surface area contributed by atoms with Crippen molar-refractivity contribution in [2.75, 3.05) is 39.8 Å². The normalized spacial score (nSPS) is 24.3. The molecule has 18 heavy (non-hydrogen) atoms. The summed E-state index contributed by atoms with van der Waals surface area (Å²) in [5.41, 5.74) is 0. The molecule has 0 aliphatic carbocycles. The van der Waals surface area contributed by atoms with Crippen LogP contribution in [0.1, 0.15) is 46.5 Å². The standard InChI is InChI=1S/C15H33N3/c1-5-6-7-8-14(2)16-9-10-18-12-11-17(4)15(3)13-18/h14-16H,5-13H2,1-4H3. The van der Waals surface area contributed by atoms with Crippen LogP contribution in [-0.4, -0.2) is 61.7 Å². The summed E-state index contributed by atoms with van der Waals surface area (Å²) in [6.45, 7) is 12.9. The molecular formula is C15H33N3. The molecule has 1 N–H and O–H groups in total. The van der Waals surface area contributed by atoms with Gasteiger partial charge in [-0.3, -0.25) is 4.90 Å². The zero-order chi connectivity index (χ0) is 13.4. The molecule has 1 fully saturated rings. The van der Waals surface area contributed by atoms with Crippen molar-refractivity contribution in [2.45, 2.75) is 58.5 Å². The lowest BCUT2D eigenvalue weighted by molar-refractivity contribution is 0.105. The summed E-state index contributed by atoms with van der Waals surface area (Å²) in [5, 5.41) is 3.66. The van der Waals surface area contributed by atoms with E-state index in [1.165, 1.54) is 51.9 Å². The first-order chi connectivity index (χ1) is 8.63. The van der Waals surface area contributed by atoms with E-state index >= 15 is 0 Å². The monoisotopic (exact) mass is 255 g/mol. The van der Waals surface area contributed by atoms with Crippen LogP contribution < -0.4 is 5.32 Å². The Kier molecular flexibility index (Phi) is 7.87. The first kappa shape index (κ1) is 15.9. The molecule has 3 nitrogen and oxygen atoms in total. The Morgan fingerprint density at radius 2 is 2.06 bits per heavy atom. The van der Waals surface area contributed by atoms with Gasteiger partial charge in [0.05, 0.1) is 0 Å². The van der Waals surface area contributed by atoms with Crippen LogP contribution in [0.25, 0.3) is 0 Å². The van der Waals surface area contributed by atoms with Crippen molar-refractivity contribution >= 4 is 0 Å². The highest BCUT2D eigenvalue weighted by Gasteiger charge is 2.19. The number of hydrogen-bond donors (Lipinski definition) is 1. The van der Waals surface area contributed by atoms with E-state index in [-0.39, 0.29) is 0 Å². The molecular weight excluding hydrogens is 222 g/mol. The van der Waals surface area contributed by atoms with Gasteiger partial charge in [-0.1, -0.05) is 26.2 Å². The van der Waals surface area contributed by atoms with E-state index in [0.29, 0.717) is 12.1 Å². The molecule has 1 aliphatic heterocycles. The minimum absolute atomic E-state index is 0.682. The summed E-state index contributed by atoms with van der Waals surface area (Å²) < 4.78 is 0. The highest BCUT2D eigenvalue weighted by molar-refractivity contribution is 4.77. The van der Waals surface area contributed by atoms with E-state index < -0.39 is 0 Å². The van der Waals surface area contributed by atoms with Gasteiger partial charge in [0, 0.05) is 44.8 Å². The molecule has 0 spiro atoms. The lowest BCUT2D eigenvalue weighted by atomic mass is 10.1. The Labute approximate surface area is 114 Å². The maximum Gasteiger partial charge on any atom is 0.0192 e. The summed E-state index contributed by atoms with van der Waals surface area (Å²) in [7, 11) is 2.23. The SMILES string of the molecule is CCCCCC(C)NCCN1CCN(C)C(C)C1. The van der Waals surface area contributed by atoms with Crippen LogP contribution in [0.5, 0.6) is 0 Å². The minimum Gasteiger partial charge on any atom is -0.313 e. The molecule has 0 saturated carbocycles. The highest BCUT2D eigenvalue weighted by atomic mass is 15.3. The van der Waals surface area contributed by atoms with Crippen molar-refractivity contribution in [3.05, 3.63) is 0 Å². The second-order valence-electron chi connectivity index (χ2n) is 5.98. The van der Waals surface area contributed by atoms with Crippen LogP contribution in [0.2, 0.25) is 0 Å². The summed E-state index contributed by atoms with van der Waals surface area (Å²) in [6, 6.07) is 1.39. The van der Waals surface area contributed by atoms with Gasteiger partial charge >= 0.3 is 0 Å². The molecule has 1 heterocycles. The number of nitrogens with one attached hydrogen (secondary N) is 1. The lowest BCUT2D eigenvalue weighted by Gasteiger charge is -2.37. The number of rotatable bonds is 8. The van der Waals surface area contributed by atoms with Crippen molar-refractivity contribution in [3.63, 3.8) is 0 Å². The van der Waals surface area contributed by atoms with E-state index in [0.717, 1.165) is 6.54 Å². The van der Waals surface area contributed by atoms with Gasteiger partial charge in [-0.05, 0) is 27.3 Å². The third-order valence-electron chi connectivity index (χ3n) is 4.21. The summed E-state index contributed by atoms with van der Waals surface area (Å²) in [5.74, 6) is 0. The fourth-order valence-electron chi connectivity index (χ4n) is 2.60. The van der Waals surface area contributed by atoms with Gasteiger partial charge in [-0.15, -0.1) is 0 Å². The van der Waals surface area contributed by atoms with Crippen molar-refractivity contribution in [3.8, 4) is 0 Å². The first-order valence-electron chi connectivity index (χ1n) is 7.79. The van der Waals surface area contributed by atoms with E-state index in [1.54, 1.807) is 0 Å². The number of nitrogens with zero attached hydrogens (tertiary/aromatic N) is 2. The van der Waals surface area contributed by atoms with E-state index in [2.05, 4.69) is 42.9 Å². The summed E-state index contributed by atoms with van der Waals surface area (Å²) >= 11 is 0. The molecule has 3 heteroatoms. The van der Waals surface area contributed by atoms with Crippen molar-refractivity contribution in [1.29, 1.82) is 0 Å². The molecule has 0 radical (unpaired) electrons. The number of hydrogen-bond acceptors (Lipinski definition) is 3. The Bertz CT molecular complexity index is 208. The van der Waals surface area contributed by atoms with Crippen molar-refractivity contribution in [2.24, 2.45) is 0 Å². The first-order valence-corrected chi connectivity index (χ1v) is 7.79. The van der Waals surface area contributed by atoms with Crippen LogP contribution in [0, 0.1) is 0 Å². The van der Waals surface area contributed by atoms with Gasteiger partial charge in [-0.2, -0.15) is 0 Å². The molecule has 0 aromatic carbocycles. The molecule has 0 aromatic heterocycles. The summed E-state index contributed by atoms with van der Waals surface area (Å²) in [4.78, 5) is 5.05. The third-order valence-corrected chi connectivity index (χ3v) is 4.21. The molecule has 108 valence electrons. The van der Waals surface area contributed by atoms with Crippen LogP contribution in [-0.2, 0) is 0 Å². The fraction of sp³-hybridized carbons (Fsp3) is 1.00. The molecule has 1 saturated heterocycles. The van der Waals surface area contributed by atoms with Crippen LogP contribution in [0.4, 0.5) is 0 Å². The second kappa shape index (κ2) is 8.89. The Hall–Kier alpha value is -0.120. The average molecular weight is 255 g/mol. The Morgan fingerprint density at radius 1 is 1.28 bits per heavy atom. The molecule has 0 aromatic rings. The quantitative estimate of drug-likeness (QED) is 0.671.